The lowest BCUT2D eigenvalue weighted by Crippen LogP contribution is -2.37. The highest BCUT2D eigenvalue weighted by molar-refractivity contribution is 5.10. The second-order valence-corrected chi connectivity index (χ2v) is 5.72. The van der Waals surface area contributed by atoms with Gasteiger partial charge in [-0.05, 0) is 19.3 Å². The Kier molecular flexibility index (Phi) is 3.61. The Morgan fingerprint density at radius 3 is 3.18 bits per heavy atom. The number of rotatable bonds is 3. The Labute approximate surface area is 126 Å². The molecule has 0 amide bonds. The smallest absolute Gasteiger partial charge is 0.302 e. The molecule has 0 radical (unpaired) electrons. The van der Waals surface area contributed by atoms with E-state index in [2.05, 4.69) is 4.98 Å². The molecule has 4 rings (SSSR count). The monoisotopic (exact) mass is 310 g/mol. The van der Waals surface area contributed by atoms with Gasteiger partial charge in [0.15, 0.2) is 18.6 Å². The number of nitrogens with zero attached hydrogens (tertiary/aromatic N) is 2. The Balaban J connectivity index is 1.41. The van der Waals surface area contributed by atoms with Crippen LogP contribution in [-0.2, 0) is 14.2 Å². The van der Waals surface area contributed by atoms with E-state index >= 15 is 0 Å². The summed E-state index contributed by atoms with van der Waals surface area (Å²) in [5, 5.41) is 10.3. The lowest BCUT2D eigenvalue weighted by atomic mass is 10.1. The summed E-state index contributed by atoms with van der Waals surface area (Å²) in [4.78, 5) is 15.0. The third kappa shape index (κ3) is 2.41. The molecule has 2 saturated heterocycles. The van der Waals surface area contributed by atoms with Gasteiger partial charge < -0.3 is 24.1 Å². The highest BCUT2D eigenvalue weighted by atomic mass is 16.7. The summed E-state index contributed by atoms with van der Waals surface area (Å²) in [6.07, 6.45) is 1.94. The topological polar surface area (TPSA) is 92.0 Å². The first-order valence-electron chi connectivity index (χ1n) is 7.55. The SMILES string of the molecule is O=c1ccn2c(n1)OC1C(O)C(COC3CCCCO3)OC12. The minimum atomic E-state index is -0.842. The summed E-state index contributed by atoms with van der Waals surface area (Å²) >= 11 is 0. The van der Waals surface area contributed by atoms with Crippen LogP contribution >= 0.6 is 0 Å². The van der Waals surface area contributed by atoms with Crippen LogP contribution in [0.4, 0.5) is 0 Å². The maximum atomic E-state index is 11.2. The Hall–Kier alpha value is -1.48. The van der Waals surface area contributed by atoms with Crippen molar-refractivity contribution in [2.24, 2.45) is 0 Å². The van der Waals surface area contributed by atoms with Crippen LogP contribution in [0.5, 0.6) is 6.01 Å². The number of ether oxygens (including phenoxy) is 4. The van der Waals surface area contributed by atoms with E-state index in [-0.39, 0.29) is 24.5 Å². The molecule has 5 atom stereocenters. The largest absolute Gasteiger partial charge is 0.453 e. The molecule has 120 valence electrons. The maximum Gasteiger partial charge on any atom is 0.302 e. The average Bonchev–Trinajstić information content (AvgIpc) is 3.03. The second kappa shape index (κ2) is 5.62. The van der Waals surface area contributed by atoms with E-state index in [9.17, 15) is 9.90 Å². The summed E-state index contributed by atoms with van der Waals surface area (Å²) < 4.78 is 24.1. The fraction of sp³-hybridized carbons (Fsp3) is 0.714. The van der Waals surface area contributed by atoms with Gasteiger partial charge in [0.05, 0.1) is 6.61 Å². The third-order valence-electron chi connectivity index (χ3n) is 4.22. The fourth-order valence-electron chi connectivity index (χ4n) is 3.05. The summed E-state index contributed by atoms with van der Waals surface area (Å²) in [6, 6.07) is 1.52. The van der Waals surface area contributed by atoms with Crippen molar-refractivity contribution in [2.75, 3.05) is 13.2 Å². The van der Waals surface area contributed by atoms with Crippen LogP contribution in [0.25, 0.3) is 0 Å². The molecule has 3 aliphatic rings. The number of aromatic nitrogens is 2. The Morgan fingerprint density at radius 2 is 2.36 bits per heavy atom. The zero-order chi connectivity index (χ0) is 15.1. The van der Waals surface area contributed by atoms with E-state index in [0.29, 0.717) is 6.61 Å². The van der Waals surface area contributed by atoms with Gasteiger partial charge in [0.2, 0.25) is 0 Å². The van der Waals surface area contributed by atoms with Crippen LogP contribution < -0.4 is 10.3 Å². The molecule has 8 nitrogen and oxygen atoms in total. The summed E-state index contributed by atoms with van der Waals surface area (Å²) in [7, 11) is 0. The molecule has 0 bridgehead atoms. The van der Waals surface area contributed by atoms with Crippen LogP contribution in [0, 0.1) is 0 Å². The van der Waals surface area contributed by atoms with Gasteiger partial charge in [0.25, 0.3) is 5.56 Å². The zero-order valence-electron chi connectivity index (χ0n) is 12.0. The summed E-state index contributed by atoms with van der Waals surface area (Å²) in [5.41, 5.74) is -0.380. The first kappa shape index (κ1) is 14.1. The van der Waals surface area contributed by atoms with E-state index in [4.69, 9.17) is 18.9 Å². The first-order valence-corrected chi connectivity index (χ1v) is 7.55. The lowest BCUT2D eigenvalue weighted by molar-refractivity contribution is -0.185. The van der Waals surface area contributed by atoms with Gasteiger partial charge in [-0.3, -0.25) is 9.36 Å². The zero-order valence-corrected chi connectivity index (χ0v) is 12.0. The van der Waals surface area contributed by atoms with Crippen molar-refractivity contribution in [3.63, 3.8) is 0 Å². The molecule has 0 aliphatic carbocycles. The van der Waals surface area contributed by atoms with Crippen molar-refractivity contribution in [1.82, 2.24) is 9.55 Å². The van der Waals surface area contributed by atoms with Gasteiger partial charge in [-0.1, -0.05) is 0 Å². The van der Waals surface area contributed by atoms with Crippen LogP contribution in [-0.4, -0.2) is 52.5 Å². The summed E-state index contributed by atoms with van der Waals surface area (Å²) in [6.45, 7) is 0.949. The number of aliphatic hydroxyl groups excluding tert-OH is 1. The first-order chi connectivity index (χ1) is 10.7. The van der Waals surface area contributed by atoms with Crippen molar-refractivity contribution >= 4 is 0 Å². The van der Waals surface area contributed by atoms with E-state index in [1.165, 1.54) is 6.07 Å². The van der Waals surface area contributed by atoms with E-state index in [1.807, 2.05) is 0 Å². The predicted octanol–water partition coefficient (Wildman–Crippen LogP) is -0.194. The molecule has 22 heavy (non-hydrogen) atoms. The van der Waals surface area contributed by atoms with Crippen LogP contribution in [0.3, 0.4) is 0 Å². The van der Waals surface area contributed by atoms with Gasteiger partial charge in [0.1, 0.15) is 12.2 Å². The molecular weight excluding hydrogens is 292 g/mol. The molecule has 0 spiro atoms. The van der Waals surface area contributed by atoms with E-state index < -0.39 is 24.5 Å². The Bertz CT molecular complexity index is 599. The molecule has 2 fully saturated rings. The van der Waals surface area contributed by atoms with E-state index in [0.717, 1.165) is 19.3 Å². The Morgan fingerprint density at radius 1 is 1.45 bits per heavy atom. The molecule has 0 saturated carbocycles. The molecule has 8 heteroatoms. The lowest BCUT2D eigenvalue weighted by Gasteiger charge is -2.25. The van der Waals surface area contributed by atoms with Crippen molar-refractivity contribution in [3.05, 3.63) is 22.6 Å². The van der Waals surface area contributed by atoms with E-state index in [1.54, 1.807) is 10.8 Å². The molecule has 1 aromatic rings. The van der Waals surface area contributed by atoms with Gasteiger partial charge in [-0.25, -0.2) is 0 Å². The van der Waals surface area contributed by atoms with Crippen LogP contribution in [0.1, 0.15) is 25.5 Å². The maximum absolute atomic E-state index is 11.2. The third-order valence-corrected chi connectivity index (χ3v) is 4.22. The van der Waals surface area contributed by atoms with Crippen LogP contribution in [0.15, 0.2) is 17.1 Å². The average molecular weight is 310 g/mol. The number of hydrogen-bond acceptors (Lipinski definition) is 7. The van der Waals surface area contributed by atoms with Crippen LogP contribution in [0.2, 0.25) is 0 Å². The molecule has 3 aliphatic heterocycles. The standard InChI is InChI=1S/C14H18N2O6/c17-9-4-5-16-13-12(22-14(16)15-9)11(18)8(21-13)7-20-10-3-1-2-6-19-10/h4-5,8,10-13,18H,1-3,6-7H2. The number of fused-ring (bicyclic) bond motifs is 3. The molecule has 1 aromatic heterocycles. The molecule has 1 N–H and O–H groups in total. The van der Waals surface area contributed by atoms with Gasteiger partial charge in [-0.15, -0.1) is 0 Å². The highest BCUT2D eigenvalue weighted by Gasteiger charge is 2.51. The van der Waals surface area contributed by atoms with Crippen molar-refractivity contribution in [3.8, 4) is 6.01 Å². The normalized spacial score (nSPS) is 36.7. The van der Waals surface area contributed by atoms with Crippen molar-refractivity contribution < 1.29 is 24.1 Å². The quantitative estimate of drug-likeness (QED) is 0.827. The minimum Gasteiger partial charge on any atom is -0.453 e. The highest BCUT2D eigenvalue weighted by Crippen LogP contribution is 2.39. The number of hydrogen-bond donors (Lipinski definition) is 1. The minimum absolute atomic E-state index is 0.177. The van der Waals surface area contributed by atoms with Gasteiger partial charge >= 0.3 is 6.01 Å². The van der Waals surface area contributed by atoms with Crippen molar-refractivity contribution in [1.29, 1.82) is 0 Å². The predicted molar refractivity (Wildman–Crippen MR) is 72.4 cm³/mol. The van der Waals surface area contributed by atoms with Gasteiger partial charge in [0, 0.05) is 18.9 Å². The van der Waals surface area contributed by atoms with Crippen molar-refractivity contribution in [2.45, 2.75) is 50.1 Å². The molecule has 4 heterocycles. The molecular formula is C14H18N2O6. The second-order valence-electron chi connectivity index (χ2n) is 5.72. The fourth-order valence-corrected chi connectivity index (χ4v) is 3.05. The summed E-state index contributed by atoms with van der Waals surface area (Å²) in [5.74, 6) is 0. The van der Waals surface area contributed by atoms with Gasteiger partial charge in [-0.2, -0.15) is 4.98 Å². The number of aliphatic hydroxyl groups is 1. The molecule has 0 aromatic carbocycles. The molecule has 5 unspecified atom stereocenters.